The van der Waals surface area contributed by atoms with Gasteiger partial charge in [-0.1, -0.05) is 54.6 Å². The zero-order valence-corrected chi connectivity index (χ0v) is 18.5. The number of para-hydroxylation sites is 1. The van der Waals surface area contributed by atoms with E-state index in [1.165, 1.54) is 27.9 Å². The second-order valence-electron chi connectivity index (χ2n) is 7.59. The lowest BCUT2D eigenvalue weighted by Gasteiger charge is -2.22. The number of hydrogen-bond donors (Lipinski definition) is 2. The first-order valence-corrected chi connectivity index (χ1v) is 10.6. The standard InChI is InChI=1S/C25H21FN6O3/c26-19-11-7-10-18(14-19)25(35)31(15-17-8-3-1-4-9-17)16-21(33)28-24-22(23(27)34)29-32(30-24)20-12-5-2-6-13-20/h1-14H,15-16H2,(H2,27,34)(H,28,30,33). The Hall–Kier alpha value is -4.86. The van der Waals surface area contributed by atoms with E-state index in [4.69, 9.17) is 5.73 Å². The number of hydrogen-bond acceptors (Lipinski definition) is 5. The average Bonchev–Trinajstić information content (AvgIpc) is 3.28. The van der Waals surface area contributed by atoms with Crippen LogP contribution in [-0.4, -0.2) is 44.2 Å². The van der Waals surface area contributed by atoms with Gasteiger partial charge in [0.15, 0.2) is 11.5 Å². The smallest absolute Gasteiger partial charge is 0.273 e. The molecule has 176 valence electrons. The molecule has 0 aliphatic rings. The van der Waals surface area contributed by atoms with Crippen LogP contribution in [0.25, 0.3) is 5.69 Å². The van der Waals surface area contributed by atoms with Crippen LogP contribution in [0, 0.1) is 5.82 Å². The van der Waals surface area contributed by atoms with Crippen molar-refractivity contribution in [2.45, 2.75) is 6.54 Å². The monoisotopic (exact) mass is 472 g/mol. The summed E-state index contributed by atoms with van der Waals surface area (Å²) in [6, 6.07) is 23.1. The van der Waals surface area contributed by atoms with E-state index in [0.717, 1.165) is 11.6 Å². The van der Waals surface area contributed by atoms with Crippen molar-refractivity contribution >= 4 is 23.5 Å². The Labute approximate surface area is 200 Å². The number of carbonyl (C=O) groups excluding carboxylic acids is 3. The second kappa shape index (κ2) is 10.4. The van der Waals surface area contributed by atoms with Gasteiger partial charge in [0.2, 0.25) is 5.91 Å². The van der Waals surface area contributed by atoms with E-state index in [1.807, 2.05) is 12.1 Å². The number of halogens is 1. The van der Waals surface area contributed by atoms with Crippen molar-refractivity contribution in [3.05, 3.63) is 108 Å². The molecule has 0 unspecified atom stereocenters. The summed E-state index contributed by atoms with van der Waals surface area (Å²) in [5, 5.41) is 10.7. The molecular weight excluding hydrogens is 451 g/mol. The normalized spacial score (nSPS) is 10.5. The Kier molecular flexibility index (Phi) is 6.91. The van der Waals surface area contributed by atoms with E-state index < -0.39 is 23.5 Å². The Bertz CT molecular complexity index is 1360. The van der Waals surface area contributed by atoms with E-state index in [2.05, 4.69) is 15.5 Å². The van der Waals surface area contributed by atoms with Crippen molar-refractivity contribution in [1.29, 1.82) is 0 Å². The first-order chi connectivity index (χ1) is 16.9. The molecule has 0 saturated carbocycles. The van der Waals surface area contributed by atoms with Gasteiger partial charge in [-0.2, -0.15) is 0 Å². The lowest BCUT2D eigenvalue weighted by molar-refractivity contribution is -0.117. The Balaban J connectivity index is 1.57. The number of primary amides is 1. The van der Waals surface area contributed by atoms with Crippen molar-refractivity contribution < 1.29 is 18.8 Å². The van der Waals surface area contributed by atoms with Gasteiger partial charge in [0, 0.05) is 12.1 Å². The van der Waals surface area contributed by atoms with Crippen molar-refractivity contribution in [1.82, 2.24) is 19.9 Å². The first-order valence-electron chi connectivity index (χ1n) is 10.6. The second-order valence-corrected chi connectivity index (χ2v) is 7.59. The predicted octanol–water partition coefficient (Wildman–Crippen LogP) is 2.79. The van der Waals surface area contributed by atoms with Crippen molar-refractivity contribution in [3.63, 3.8) is 0 Å². The third-order valence-electron chi connectivity index (χ3n) is 5.00. The van der Waals surface area contributed by atoms with Crippen LogP contribution >= 0.6 is 0 Å². The van der Waals surface area contributed by atoms with Crippen LogP contribution in [0.4, 0.5) is 10.2 Å². The molecule has 3 aromatic carbocycles. The molecule has 9 nitrogen and oxygen atoms in total. The minimum absolute atomic E-state index is 0.0987. The van der Waals surface area contributed by atoms with Crippen molar-refractivity contribution in [3.8, 4) is 5.69 Å². The van der Waals surface area contributed by atoms with E-state index >= 15 is 0 Å². The summed E-state index contributed by atoms with van der Waals surface area (Å²) in [6.45, 7) is -0.288. The number of anilines is 1. The number of nitrogens with one attached hydrogen (secondary N) is 1. The van der Waals surface area contributed by atoms with Crippen LogP contribution in [-0.2, 0) is 11.3 Å². The lowest BCUT2D eigenvalue weighted by atomic mass is 10.1. The third kappa shape index (κ3) is 5.74. The Morgan fingerprint density at radius 1 is 0.914 bits per heavy atom. The fraction of sp³-hybridized carbons (Fsp3) is 0.0800. The summed E-state index contributed by atoms with van der Waals surface area (Å²) in [4.78, 5) is 40.4. The first kappa shape index (κ1) is 23.3. The maximum absolute atomic E-state index is 13.7. The molecule has 4 aromatic rings. The fourth-order valence-electron chi connectivity index (χ4n) is 3.39. The summed E-state index contributed by atoms with van der Waals surface area (Å²) in [5.41, 5.74) is 6.62. The number of nitrogens with two attached hydrogens (primary N) is 1. The molecule has 0 radical (unpaired) electrons. The highest BCUT2D eigenvalue weighted by Gasteiger charge is 2.23. The Morgan fingerprint density at radius 3 is 2.26 bits per heavy atom. The van der Waals surface area contributed by atoms with Gasteiger partial charge >= 0.3 is 0 Å². The molecule has 0 aliphatic heterocycles. The van der Waals surface area contributed by atoms with Gasteiger partial charge in [-0.05, 0) is 35.9 Å². The molecule has 35 heavy (non-hydrogen) atoms. The average molecular weight is 472 g/mol. The SMILES string of the molecule is NC(=O)c1nn(-c2ccccc2)nc1NC(=O)CN(Cc1ccccc1)C(=O)c1cccc(F)c1. The molecule has 0 saturated heterocycles. The summed E-state index contributed by atoms with van der Waals surface area (Å²) in [6.07, 6.45) is 0. The summed E-state index contributed by atoms with van der Waals surface area (Å²) < 4.78 is 13.7. The molecule has 3 N–H and O–H groups in total. The summed E-state index contributed by atoms with van der Waals surface area (Å²) in [7, 11) is 0. The molecular formula is C25H21FN6O3. The van der Waals surface area contributed by atoms with Gasteiger partial charge in [0.05, 0.1) is 5.69 Å². The molecule has 1 heterocycles. The topological polar surface area (TPSA) is 123 Å². The van der Waals surface area contributed by atoms with E-state index in [9.17, 15) is 18.8 Å². The van der Waals surface area contributed by atoms with Gasteiger partial charge in [0.1, 0.15) is 12.4 Å². The van der Waals surface area contributed by atoms with Gasteiger partial charge < -0.3 is 16.0 Å². The molecule has 0 aliphatic carbocycles. The van der Waals surface area contributed by atoms with Crippen molar-refractivity contribution in [2.24, 2.45) is 5.73 Å². The Morgan fingerprint density at radius 2 is 1.60 bits per heavy atom. The minimum Gasteiger partial charge on any atom is -0.364 e. The number of nitrogens with zero attached hydrogens (tertiary/aromatic N) is 4. The maximum Gasteiger partial charge on any atom is 0.273 e. The zero-order chi connectivity index (χ0) is 24.8. The van der Waals surface area contributed by atoms with Crippen molar-refractivity contribution in [2.75, 3.05) is 11.9 Å². The van der Waals surface area contributed by atoms with Crippen LogP contribution in [0.1, 0.15) is 26.4 Å². The van der Waals surface area contributed by atoms with Crippen LogP contribution in [0.5, 0.6) is 0 Å². The molecule has 0 spiro atoms. The molecule has 0 fully saturated rings. The quantitative estimate of drug-likeness (QED) is 0.408. The van der Waals surface area contributed by atoms with Crippen LogP contribution in [0.2, 0.25) is 0 Å². The predicted molar refractivity (Wildman–Crippen MR) is 126 cm³/mol. The molecule has 0 atom stereocenters. The van der Waals surface area contributed by atoms with Crippen LogP contribution in [0.15, 0.2) is 84.9 Å². The molecule has 1 aromatic heterocycles. The molecule has 0 bridgehead atoms. The zero-order valence-electron chi connectivity index (χ0n) is 18.5. The number of rotatable bonds is 8. The minimum atomic E-state index is -0.876. The largest absolute Gasteiger partial charge is 0.364 e. The fourth-order valence-corrected chi connectivity index (χ4v) is 3.39. The number of benzene rings is 3. The number of carbonyl (C=O) groups is 3. The molecule has 4 rings (SSSR count). The highest BCUT2D eigenvalue weighted by molar-refractivity contribution is 6.02. The van der Waals surface area contributed by atoms with Gasteiger partial charge in [0.25, 0.3) is 11.8 Å². The third-order valence-corrected chi connectivity index (χ3v) is 5.00. The molecule has 10 heteroatoms. The van der Waals surface area contributed by atoms with E-state index in [0.29, 0.717) is 5.69 Å². The van der Waals surface area contributed by atoms with Gasteiger partial charge in [-0.3, -0.25) is 14.4 Å². The van der Waals surface area contributed by atoms with Crippen LogP contribution < -0.4 is 11.1 Å². The van der Waals surface area contributed by atoms with Gasteiger partial charge in [-0.25, -0.2) is 4.39 Å². The van der Waals surface area contributed by atoms with E-state index in [-0.39, 0.29) is 30.2 Å². The summed E-state index contributed by atoms with van der Waals surface area (Å²) in [5.74, 6) is -2.74. The van der Waals surface area contributed by atoms with Crippen LogP contribution in [0.3, 0.4) is 0 Å². The summed E-state index contributed by atoms with van der Waals surface area (Å²) >= 11 is 0. The lowest BCUT2D eigenvalue weighted by Crippen LogP contribution is -2.38. The molecule has 3 amide bonds. The number of aromatic nitrogens is 3. The number of amides is 3. The van der Waals surface area contributed by atoms with E-state index in [1.54, 1.807) is 48.5 Å². The van der Waals surface area contributed by atoms with Gasteiger partial charge in [-0.15, -0.1) is 15.0 Å². The maximum atomic E-state index is 13.7. The highest BCUT2D eigenvalue weighted by Crippen LogP contribution is 2.15. The highest BCUT2D eigenvalue weighted by atomic mass is 19.1.